The van der Waals surface area contributed by atoms with Gasteiger partial charge in [0, 0.05) is 5.69 Å². The molecule has 1 aromatic heterocycles. The minimum absolute atomic E-state index is 0.168. The summed E-state index contributed by atoms with van der Waals surface area (Å²) in [6.45, 7) is 1.74. The highest BCUT2D eigenvalue weighted by Crippen LogP contribution is 2.20. The lowest BCUT2D eigenvalue weighted by molar-refractivity contribution is 0.102. The summed E-state index contributed by atoms with van der Waals surface area (Å²) in [6, 6.07) is 4.83. The molecule has 0 fully saturated rings. The number of nitrogens with one attached hydrogen (secondary N) is 3. The Balaban J connectivity index is 2.15. The molecule has 0 aliphatic rings. The number of nitrogens with zero attached hydrogens (tertiary/aromatic N) is 2. The molecule has 3 N–H and O–H groups in total. The zero-order chi connectivity index (χ0) is 14.8. The highest BCUT2D eigenvalue weighted by molar-refractivity contribution is 7.92. The van der Waals surface area contributed by atoms with Crippen molar-refractivity contribution >= 4 is 27.3 Å². The monoisotopic (exact) mass is 295 g/mol. The maximum Gasteiger partial charge on any atom is 0.277 e. The van der Waals surface area contributed by atoms with Crippen molar-refractivity contribution in [2.75, 3.05) is 16.3 Å². The number of H-pyrrole nitrogens is 1. The molecule has 8 nitrogen and oxygen atoms in total. The largest absolute Gasteiger partial charge is 0.321 e. The number of benzene rings is 1. The number of aryl methyl sites for hydroxylation is 1. The topological polar surface area (TPSA) is 117 Å². The fourth-order valence-corrected chi connectivity index (χ4v) is 2.19. The van der Waals surface area contributed by atoms with Crippen LogP contribution >= 0.6 is 0 Å². The molecular weight excluding hydrogens is 282 g/mol. The van der Waals surface area contributed by atoms with Crippen molar-refractivity contribution in [1.29, 1.82) is 0 Å². The van der Waals surface area contributed by atoms with Crippen LogP contribution in [-0.4, -0.2) is 36.0 Å². The van der Waals surface area contributed by atoms with Crippen molar-refractivity contribution in [3.8, 4) is 0 Å². The van der Waals surface area contributed by atoms with Gasteiger partial charge < -0.3 is 5.32 Å². The van der Waals surface area contributed by atoms with E-state index in [2.05, 4.69) is 25.4 Å². The molecule has 1 aromatic carbocycles. The second-order valence-corrected chi connectivity index (χ2v) is 5.96. The third-order valence-electron chi connectivity index (χ3n) is 2.43. The maximum absolute atomic E-state index is 11.8. The van der Waals surface area contributed by atoms with Crippen LogP contribution in [0.25, 0.3) is 0 Å². The Morgan fingerprint density at radius 2 is 2.10 bits per heavy atom. The number of carbonyl (C=O) groups excluding carboxylic acids is 1. The number of hydrogen-bond acceptors (Lipinski definition) is 5. The van der Waals surface area contributed by atoms with Crippen LogP contribution in [0.3, 0.4) is 0 Å². The zero-order valence-electron chi connectivity index (χ0n) is 10.8. The van der Waals surface area contributed by atoms with Crippen LogP contribution in [0.2, 0.25) is 0 Å². The molecule has 0 bridgehead atoms. The van der Waals surface area contributed by atoms with Crippen LogP contribution in [0.1, 0.15) is 16.1 Å². The van der Waals surface area contributed by atoms with E-state index in [0.29, 0.717) is 16.9 Å². The lowest BCUT2D eigenvalue weighted by atomic mass is 10.2. The van der Waals surface area contributed by atoms with E-state index in [4.69, 9.17) is 0 Å². The van der Waals surface area contributed by atoms with Gasteiger partial charge in [0.05, 0.1) is 18.1 Å². The van der Waals surface area contributed by atoms with Gasteiger partial charge in [-0.05, 0) is 30.7 Å². The Bertz CT molecular complexity index is 725. The first kappa shape index (κ1) is 14.0. The molecule has 0 atom stereocenters. The molecule has 0 radical (unpaired) electrons. The molecule has 0 unspecified atom stereocenters. The van der Waals surface area contributed by atoms with E-state index in [-0.39, 0.29) is 5.69 Å². The van der Waals surface area contributed by atoms with Gasteiger partial charge in [0.1, 0.15) is 0 Å². The Hall–Kier alpha value is -2.42. The molecule has 20 heavy (non-hydrogen) atoms. The number of sulfonamides is 1. The van der Waals surface area contributed by atoms with E-state index in [1.807, 2.05) is 0 Å². The fourth-order valence-electron chi connectivity index (χ4n) is 1.56. The van der Waals surface area contributed by atoms with Gasteiger partial charge in [-0.25, -0.2) is 8.42 Å². The smallest absolute Gasteiger partial charge is 0.277 e. The van der Waals surface area contributed by atoms with Crippen LogP contribution in [0.4, 0.5) is 11.4 Å². The Labute approximate surface area is 115 Å². The first-order valence-corrected chi connectivity index (χ1v) is 7.50. The number of rotatable bonds is 4. The maximum atomic E-state index is 11.8. The molecule has 0 saturated heterocycles. The SMILES string of the molecule is Cc1cc(NC(=O)c2cn[nH]n2)ccc1NS(C)(=O)=O. The van der Waals surface area contributed by atoms with E-state index in [9.17, 15) is 13.2 Å². The van der Waals surface area contributed by atoms with Crippen molar-refractivity contribution in [3.05, 3.63) is 35.7 Å². The molecule has 0 aliphatic heterocycles. The summed E-state index contributed by atoms with van der Waals surface area (Å²) in [6.07, 6.45) is 2.38. The van der Waals surface area contributed by atoms with Crippen molar-refractivity contribution in [2.24, 2.45) is 0 Å². The second kappa shape index (κ2) is 5.29. The minimum atomic E-state index is -3.33. The van der Waals surface area contributed by atoms with E-state index < -0.39 is 15.9 Å². The summed E-state index contributed by atoms with van der Waals surface area (Å²) in [4.78, 5) is 11.8. The Kier molecular flexibility index (Phi) is 3.70. The second-order valence-electron chi connectivity index (χ2n) is 4.21. The summed E-state index contributed by atoms with van der Waals surface area (Å²) in [7, 11) is -3.33. The van der Waals surface area contributed by atoms with E-state index >= 15 is 0 Å². The van der Waals surface area contributed by atoms with E-state index in [1.165, 1.54) is 6.20 Å². The number of aromatic nitrogens is 3. The van der Waals surface area contributed by atoms with Gasteiger partial charge in [-0.1, -0.05) is 0 Å². The van der Waals surface area contributed by atoms with E-state index in [0.717, 1.165) is 6.26 Å². The third-order valence-corrected chi connectivity index (χ3v) is 3.02. The normalized spacial score (nSPS) is 11.1. The van der Waals surface area contributed by atoms with Crippen LogP contribution < -0.4 is 10.0 Å². The molecule has 106 valence electrons. The molecule has 9 heteroatoms. The first-order chi connectivity index (χ1) is 9.35. The molecule has 2 aromatic rings. The number of anilines is 2. The quantitative estimate of drug-likeness (QED) is 0.769. The van der Waals surface area contributed by atoms with Gasteiger partial charge in [-0.3, -0.25) is 9.52 Å². The molecule has 0 saturated carbocycles. The molecule has 1 amide bonds. The highest BCUT2D eigenvalue weighted by Gasteiger charge is 2.10. The molecule has 1 heterocycles. The molecular formula is C11H13N5O3S. The lowest BCUT2D eigenvalue weighted by Gasteiger charge is -2.10. The van der Waals surface area contributed by atoms with Crippen LogP contribution in [0.5, 0.6) is 0 Å². The van der Waals surface area contributed by atoms with Crippen LogP contribution in [-0.2, 0) is 10.0 Å². The van der Waals surface area contributed by atoms with Crippen molar-refractivity contribution in [2.45, 2.75) is 6.92 Å². The highest BCUT2D eigenvalue weighted by atomic mass is 32.2. The predicted octanol–water partition coefficient (Wildman–Crippen LogP) is 0.737. The van der Waals surface area contributed by atoms with Crippen LogP contribution in [0.15, 0.2) is 24.4 Å². The van der Waals surface area contributed by atoms with Gasteiger partial charge in [0.25, 0.3) is 5.91 Å². The predicted molar refractivity (Wildman–Crippen MR) is 74.0 cm³/mol. The van der Waals surface area contributed by atoms with Gasteiger partial charge in [-0.2, -0.15) is 15.4 Å². The lowest BCUT2D eigenvalue weighted by Crippen LogP contribution is -2.13. The molecule has 2 rings (SSSR count). The summed E-state index contributed by atoms with van der Waals surface area (Å²) in [5.41, 5.74) is 1.86. The molecule has 0 aliphatic carbocycles. The number of amides is 1. The fraction of sp³-hybridized carbons (Fsp3) is 0.182. The summed E-state index contributed by atoms with van der Waals surface area (Å²) in [5, 5.41) is 12.2. The standard InChI is InChI=1S/C11H13N5O3S/c1-7-5-8(3-4-9(7)15-20(2,18)19)13-11(17)10-6-12-16-14-10/h3-6,15H,1-2H3,(H,13,17)(H,12,14,16). The summed E-state index contributed by atoms with van der Waals surface area (Å²) in [5.74, 6) is -0.401. The average Bonchev–Trinajstić information content (AvgIpc) is 2.85. The van der Waals surface area contributed by atoms with Crippen molar-refractivity contribution in [3.63, 3.8) is 0 Å². The van der Waals surface area contributed by atoms with Gasteiger partial charge in [0.15, 0.2) is 5.69 Å². The summed E-state index contributed by atoms with van der Waals surface area (Å²) < 4.78 is 24.7. The zero-order valence-corrected chi connectivity index (χ0v) is 11.7. The van der Waals surface area contributed by atoms with E-state index in [1.54, 1.807) is 25.1 Å². The van der Waals surface area contributed by atoms with Crippen molar-refractivity contribution in [1.82, 2.24) is 15.4 Å². The van der Waals surface area contributed by atoms with Crippen molar-refractivity contribution < 1.29 is 13.2 Å². The number of hydrogen-bond donors (Lipinski definition) is 3. The van der Waals surface area contributed by atoms with Gasteiger partial charge in [0.2, 0.25) is 10.0 Å². The third kappa shape index (κ3) is 3.54. The molecule has 0 spiro atoms. The van der Waals surface area contributed by atoms with Crippen LogP contribution in [0, 0.1) is 6.92 Å². The van der Waals surface area contributed by atoms with Gasteiger partial charge >= 0.3 is 0 Å². The summed E-state index contributed by atoms with van der Waals surface area (Å²) >= 11 is 0. The van der Waals surface area contributed by atoms with Gasteiger partial charge in [-0.15, -0.1) is 0 Å². The number of carbonyl (C=O) groups is 1. The Morgan fingerprint density at radius 3 is 2.65 bits per heavy atom. The number of aromatic amines is 1. The minimum Gasteiger partial charge on any atom is -0.321 e. The first-order valence-electron chi connectivity index (χ1n) is 5.61. The Morgan fingerprint density at radius 1 is 1.35 bits per heavy atom. The average molecular weight is 295 g/mol.